The Morgan fingerprint density at radius 2 is 1.50 bits per heavy atom. The second kappa shape index (κ2) is 7.88. The molecule has 0 fully saturated rings. The Kier molecular flexibility index (Phi) is 6.24. The molecule has 26 heavy (non-hydrogen) atoms. The third-order valence-corrected chi connectivity index (χ3v) is 6.01. The molecule has 1 aromatic rings. The van der Waals surface area contributed by atoms with Crippen LogP contribution in [0.4, 0.5) is 0 Å². The van der Waals surface area contributed by atoms with E-state index < -0.39 is 21.8 Å². The first-order valence-electron chi connectivity index (χ1n) is 8.97. The molecule has 2 rings (SSSR count). The molecular formula is C19H28N2O4S. The van der Waals surface area contributed by atoms with Gasteiger partial charge in [-0.25, -0.2) is 12.7 Å². The number of sulfonamides is 1. The standard InChI is InChI=1S/C19H28N2O4S/c1-13(2)11-20(12-14(3)4)26(24,25)9-8-21-18(22)16-7-6-15(5)10-17(16)19(21)23/h6-7,10,13-14H,8-9,11-12H2,1-5H3. The predicted octanol–water partition coefficient (Wildman–Crippen LogP) is 2.53. The van der Waals surface area contributed by atoms with Crippen LogP contribution in [0.25, 0.3) is 0 Å². The highest BCUT2D eigenvalue weighted by molar-refractivity contribution is 7.89. The number of aryl methyl sites for hydroxylation is 1. The van der Waals surface area contributed by atoms with Gasteiger partial charge in [-0.2, -0.15) is 0 Å². The van der Waals surface area contributed by atoms with Gasteiger partial charge in [0.25, 0.3) is 11.8 Å². The zero-order valence-electron chi connectivity index (χ0n) is 16.2. The molecule has 0 radical (unpaired) electrons. The molecule has 0 aliphatic carbocycles. The van der Waals surface area contributed by atoms with Gasteiger partial charge in [0.15, 0.2) is 0 Å². The van der Waals surface area contributed by atoms with Gasteiger partial charge < -0.3 is 0 Å². The summed E-state index contributed by atoms with van der Waals surface area (Å²) in [5.74, 6) is -0.684. The predicted molar refractivity (Wildman–Crippen MR) is 102 cm³/mol. The zero-order chi connectivity index (χ0) is 19.6. The van der Waals surface area contributed by atoms with Gasteiger partial charge >= 0.3 is 0 Å². The van der Waals surface area contributed by atoms with Crippen molar-refractivity contribution in [3.8, 4) is 0 Å². The molecule has 1 aliphatic rings. The number of hydrogen-bond donors (Lipinski definition) is 0. The van der Waals surface area contributed by atoms with Crippen molar-refractivity contribution in [2.24, 2.45) is 11.8 Å². The van der Waals surface area contributed by atoms with E-state index in [0.29, 0.717) is 24.2 Å². The molecule has 1 aromatic carbocycles. The second-order valence-corrected chi connectivity index (χ2v) is 9.82. The summed E-state index contributed by atoms with van der Waals surface area (Å²) in [4.78, 5) is 26.0. The number of carbonyl (C=O) groups is 2. The summed E-state index contributed by atoms with van der Waals surface area (Å²) >= 11 is 0. The Morgan fingerprint density at radius 1 is 0.962 bits per heavy atom. The topological polar surface area (TPSA) is 74.8 Å². The Morgan fingerprint density at radius 3 is 2.04 bits per heavy atom. The van der Waals surface area contributed by atoms with Crippen LogP contribution < -0.4 is 0 Å². The first-order valence-corrected chi connectivity index (χ1v) is 10.6. The summed E-state index contributed by atoms with van der Waals surface area (Å²) in [5.41, 5.74) is 1.59. The van der Waals surface area contributed by atoms with Crippen LogP contribution in [-0.2, 0) is 10.0 Å². The van der Waals surface area contributed by atoms with Crippen molar-refractivity contribution in [1.82, 2.24) is 9.21 Å². The summed E-state index contributed by atoms with van der Waals surface area (Å²) < 4.78 is 27.0. The minimum atomic E-state index is -3.56. The van der Waals surface area contributed by atoms with E-state index in [1.54, 1.807) is 18.2 Å². The average molecular weight is 381 g/mol. The SMILES string of the molecule is Cc1ccc2c(c1)C(=O)N(CCS(=O)(=O)N(CC(C)C)CC(C)C)C2=O. The smallest absolute Gasteiger partial charge is 0.261 e. The molecule has 6 nitrogen and oxygen atoms in total. The van der Waals surface area contributed by atoms with Gasteiger partial charge in [-0.1, -0.05) is 39.3 Å². The minimum Gasteiger partial charge on any atom is -0.273 e. The minimum absolute atomic E-state index is 0.125. The van der Waals surface area contributed by atoms with Crippen molar-refractivity contribution in [2.45, 2.75) is 34.6 Å². The fourth-order valence-corrected chi connectivity index (χ4v) is 4.78. The quantitative estimate of drug-likeness (QED) is 0.650. The fraction of sp³-hybridized carbons (Fsp3) is 0.579. The van der Waals surface area contributed by atoms with Gasteiger partial charge in [0.05, 0.1) is 16.9 Å². The summed E-state index contributed by atoms with van der Waals surface area (Å²) in [5, 5.41) is 0. The molecular weight excluding hydrogens is 352 g/mol. The summed E-state index contributed by atoms with van der Waals surface area (Å²) in [6.45, 7) is 10.5. The van der Waals surface area contributed by atoms with E-state index >= 15 is 0 Å². The lowest BCUT2D eigenvalue weighted by Gasteiger charge is -2.26. The van der Waals surface area contributed by atoms with Crippen molar-refractivity contribution < 1.29 is 18.0 Å². The van der Waals surface area contributed by atoms with E-state index in [-0.39, 0.29) is 24.1 Å². The molecule has 0 spiro atoms. The molecule has 0 bridgehead atoms. The third-order valence-electron chi connectivity index (χ3n) is 4.23. The van der Waals surface area contributed by atoms with Crippen LogP contribution in [0.2, 0.25) is 0 Å². The number of amides is 2. The van der Waals surface area contributed by atoms with Crippen LogP contribution in [-0.4, -0.2) is 54.8 Å². The highest BCUT2D eigenvalue weighted by Gasteiger charge is 2.36. The van der Waals surface area contributed by atoms with E-state index in [2.05, 4.69) is 0 Å². The van der Waals surface area contributed by atoms with E-state index in [1.165, 1.54) is 4.31 Å². The largest absolute Gasteiger partial charge is 0.273 e. The molecule has 1 heterocycles. The number of carbonyl (C=O) groups excluding carboxylic acids is 2. The molecule has 0 unspecified atom stereocenters. The Balaban J connectivity index is 2.14. The fourth-order valence-electron chi connectivity index (χ4n) is 3.06. The van der Waals surface area contributed by atoms with Crippen LogP contribution in [0.5, 0.6) is 0 Å². The van der Waals surface area contributed by atoms with Crippen LogP contribution in [0.1, 0.15) is 54.0 Å². The van der Waals surface area contributed by atoms with E-state index in [0.717, 1.165) is 10.5 Å². The van der Waals surface area contributed by atoms with E-state index in [9.17, 15) is 18.0 Å². The van der Waals surface area contributed by atoms with Crippen LogP contribution in [0.3, 0.4) is 0 Å². The van der Waals surface area contributed by atoms with Crippen molar-refractivity contribution in [2.75, 3.05) is 25.4 Å². The average Bonchev–Trinajstić information content (AvgIpc) is 2.75. The van der Waals surface area contributed by atoms with E-state index in [1.807, 2.05) is 34.6 Å². The molecule has 2 amide bonds. The highest BCUT2D eigenvalue weighted by Crippen LogP contribution is 2.24. The highest BCUT2D eigenvalue weighted by atomic mass is 32.2. The van der Waals surface area contributed by atoms with Crippen molar-refractivity contribution >= 4 is 21.8 Å². The van der Waals surface area contributed by atoms with E-state index in [4.69, 9.17) is 0 Å². The molecule has 0 N–H and O–H groups in total. The van der Waals surface area contributed by atoms with Crippen LogP contribution in [0, 0.1) is 18.8 Å². The molecule has 0 atom stereocenters. The van der Waals surface area contributed by atoms with Gasteiger partial charge in [0, 0.05) is 19.6 Å². The number of imide groups is 1. The number of fused-ring (bicyclic) bond motifs is 1. The Labute approximate surface area is 156 Å². The van der Waals surface area contributed by atoms with Crippen molar-refractivity contribution in [3.63, 3.8) is 0 Å². The zero-order valence-corrected chi connectivity index (χ0v) is 17.0. The monoisotopic (exact) mass is 380 g/mol. The molecule has 7 heteroatoms. The van der Waals surface area contributed by atoms with Gasteiger partial charge in [-0.05, 0) is 30.9 Å². The number of benzene rings is 1. The van der Waals surface area contributed by atoms with Crippen LogP contribution >= 0.6 is 0 Å². The van der Waals surface area contributed by atoms with Crippen molar-refractivity contribution in [3.05, 3.63) is 34.9 Å². The Hall–Kier alpha value is -1.73. The lowest BCUT2D eigenvalue weighted by atomic mass is 10.1. The lowest BCUT2D eigenvalue weighted by Crippen LogP contribution is -2.42. The second-order valence-electron chi connectivity index (χ2n) is 7.73. The molecule has 0 aromatic heterocycles. The van der Waals surface area contributed by atoms with Crippen LogP contribution in [0.15, 0.2) is 18.2 Å². The maximum Gasteiger partial charge on any atom is 0.261 e. The maximum atomic E-state index is 12.8. The van der Waals surface area contributed by atoms with Gasteiger partial charge in [0.1, 0.15) is 0 Å². The first-order chi connectivity index (χ1) is 12.0. The third kappa shape index (κ3) is 4.51. The summed E-state index contributed by atoms with van der Waals surface area (Å²) in [6, 6.07) is 5.08. The van der Waals surface area contributed by atoms with Gasteiger partial charge in [0.2, 0.25) is 10.0 Å². The van der Waals surface area contributed by atoms with Gasteiger partial charge in [-0.3, -0.25) is 14.5 Å². The lowest BCUT2D eigenvalue weighted by molar-refractivity contribution is 0.0663. The summed E-state index contributed by atoms with van der Waals surface area (Å²) in [6.07, 6.45) is 0. The maximum absolute atomic E-state index is 12.8. The summed E-state index contributed by atoms with van der Waals surface area (Å²) in [7, 11) is -3.56. The van der Waals surface area contributed by atoms with Crippen molar-refractivity contribution in [1.29, 1.82) is 0 Å². The van der Waals surface area contributed by atoms with Gasteiger partial charge in [-0.15, -0.1) is 0 Å². The normalized spacial score (nSPS) is 14.8. The molecule has 1 aliphatic heterocycles. The number of hydrogen-bond acceptors (Lipinski definition) is 4. The molecule has 0 saturated heterocycles. The Bertz CT molecular complexity index is 790. The number of rotatable bonds is 8. The molecule has 144 valence electrons. The first kappa shape index (κ1) is 20.6. The molecule has 0 saturated carbocycles. The number of nitrogens with zero attached hydrogens (tertiary/aromatic N) is 2.